The van der Waals surface area contributed by atoms with E-state index in [2.05, 4.69) is 15.6 Å². The van der Waals surface area contributed by atoms with Gasteiger partial charge in [-0.25, -0.2) is 4.39 Å². The van der Waals surface area contributed by atoms with Crippen LogP contribution in [0.2, 0.25) is 0 Å². The molecule has 0 amide bonds. The highest BCUT2D eigenvalue weighted by Crippen LogP contribution is 2.32. The molecule has 30 heavy (non-hydrogen) atoms. The van der Waals surface area contributed by atoms with E-state index < -0.39 is 0 Å². The first-order valence-electron chi connectivity index (χ1n) is 9.93. The number of methoxy groups -OCH3 is 1. The van der Waals surface area contributed by atoms with Crippen LogP contribution in [0.15, 0.2) is 47.5 Å². The first-order chi connectivity index (χ1) is 14.2. The molecule has 0 fully saturated rings. The number of hydrogen-bond acceptors (Lipinski definition) is 4. The van der Waals surface area contributed by atoms with Gasteiger partial charge in [-0.15, -0.1) is 24.0 Å². The predicted octanol–water partition coefficient (Wildman–Crippen LogP) is 4.24. The van der Waals surface area contributed by atoms with E-state index >= 15 is 0 Å². The lowest BCUT2D eigenvalue weighted by atomic mass is 10.1. The Morgan fingerprint density at radius 1 is 1.13 bits per heavy atom. The summed E-state index contributed by atoms with van der Waals surface area (Å²) in [6, 6.07) is 12.4. The molecule has 6 nitrogen and oxygen atoms in total. The predicted molar refractivity (Wildman–Crippen MR) is 128 cm³/mol. The maximum absolute atomic E-state index is 13.4. The number of nitrogens with one attached hydrogen (secondary N) is 2. The molecular formula is C22H29FIN3O3. The zero-order valence-electron chi connectivity index (χ0n) is 17.2. The van der Waals surface area contributed by atoms with Crippen LogP contribution in [-0.4, -0.2) is 46.0 Å². The molecule has 0 aromatic heterocycles. The van der Waals surface area contributed by atoms with Gasteiger partial charge in [-0.2, -0.15) is 0 Å². The van der Waals surface area contributed by atoms with E-state index in [1.54, 1.807) is 19.2 Å². The molecule has 0 saturated heterocycles. The quantitative estimate of drug-likeness (QED) is 0.232. The number of nitrogens with zero attached hydrogens (tertiary/aromatic N) is 1. The first kappa shape index (κ1) is 24.2. The lowest BCUT2D eigenvalue weighted by molar-refractivity contribution is 0.197. The summed E-state index contributed by atoms with van der Waals surface area (Å²) < 4.78 is 29.9. The van der Waals surface area contributed by atoms with E-state index in [9.17, 15) is 4.39 Å². The van der Waals surface area contributed by atoms with E-state index in [0.717, 1.165) is 35.6 Å². The molecule has 0 unspecified atom stereocenters. The van der Waals surface area contributed by atoms with Crippen molar-refractivity contribution in [1.29, 1.82) is 0 Å². The van der Waals surface area contributed by atoms with Crippen molar-refractivity contribution in [1.82, 2.24) is 5.32 Å². The SMILES string of the molecule is COCCCN=C(NCCc1cccc(F)c1)Nc1ccc2c(c1)OCCCO2.I. The Bertz CT molecular complexity index is 820. The van der Waals surface area contributed by atoms with Crippen LogP contribution in [0.5, 0.6) is 11.5 Å². The largest absolute Gasteiger partial charge is 0.490 e. The molecule has 3 rings (SSSR count). The summed E-state index contributed by atoms with van der Waals surface area (Å²) in [4.78, 5) is 4.60. The van der Waals surface area contributed by atoms with Crippen molar-refractivity contribution in [2.24, 2.45) is 4.99 Å². The van der Waals surface area contributed by atoms with Crippen molar-refractivity contribution >= 4 is 35.6 Å². The molecule has 1 heterocycles. The maximum atomic E-state index is 13.4. The summed E-state index contributed by atoms with van der Waals surface area (Å²) >= 11 is 0. The minimum absolute atomic E-state index is 0. The lowest BCUT2D eigenvalue weighted by Crippen LogP contribution is -2.32. The van der Waals surface area contributed by atoms with E-state index in [1.165, 1.54) is 6.07 Å². The Kier molecular flexibility index (Phi) is 10.7. The molecule has 2 aromatic rings. The molecule has 164 valence electrons. The number of guanidine groups is 1. The molecule has 2 N–H and O–H groups in total. The molecule has 0 atom stereocenters. The van der Waals surface area contributed by atoms with Crippen molar-refractivity contribution in [2.45, 2.75) is 19.3 Å². The van der Waals surface area contributed by atoms with Gasteiger partial charge in [-0.3, -0.25) is 4.99 Å². The fourth-order valence-corrected chi connectivity index (χ4v) is 2.93. The van der Waals surface area contributed by atoms with Gasteiger partial charge in [-0.1, -0.05) is 12.1 Å². The van der Waals surface area contributed by atoms with Crippen LogP contribution in [0, 0.1) is 5.82 Å². The smallest absolute Gasteiger partial charge is 0.195 e. The van der Waals surface area contributed by atoms with E-state index in [-0.39, 0.29) is 29.8 Å². The van der Waals surface area contributed by atoms with Crippen LogP contribution in [0.1, 0.15) is 18.4 Å². The molecule has 2 aromatic carbocycles. The van der Waals surface area contributed by atoms with Crippen LogP contribution in [-0.2, 0) is 11.2 Å². The summed E-state index contributed by atoms with van der Waals surface area (Å²) in [5.41, 5.74) is 1.80. The lowest BCUT2D eigenvalue weighted by Gasteiger charge is -2.15. The molecule has 1 aliphatic heterocycles. The van der Waals surface area contributed by atoms with Crippen LogP contribution in [0.25, 0.3) is 0 Å². The Morgan fingerprint density at radius 3 is 2.77 bits per heavy atom. The Labute approximate surface area is 194 Å². The Hall–Kier alpha value is -2.07. The highest BCUT2D eigenvalue weighted by molar-refractivity contribution is 14.0. The number of fused-ring (bicyclic) bond motifs is 1. The van der Waals surface area contributed by atoms with Crippen molar-refractivity contribution in [2.75, 3.05) is 45.3 Å². The third kappa shape index (κ3) is 7.98. The minimum atomic E-state index is -0.221. The standard InChI is InChI=1S/C22H28FN3O3.HI/c1-27-12-3-10-24-22(25-11-9-17-5-2-6-18(23)15-17)26-19-7-8-20-21(16-19)29-14-4-13-28-20;/h2,5-8,15-16H,3-4,9-14H2,1H3,(H2,24,25,26);1H. The summed E-state index contributed by atoms with van der Waals surface area (Å²) in [5, 5.41) is 6.62. The van der Waals surface area contributed by atoms with Gasteiger partial charge >= 0.3 is 0 Å². The number of benzene rings is 2. The van der Waals surface area contributed by atoms with Gasteiger partial charge in [0.1, 0.15) is 5.82 Å². The second kappa shape index (κ2) is 13.3. The van der Waals surface area contributed by atoms with E-state index in [0.29, 0.717) is 45.3 Å². The third-order valence-electron chi connectivity index (χ3n) is 4.38. The highest BCUT2D eigenvalue weighted by Gasteiger charge is 2.11. The average Bonchev–Trinajstić information content (AvgIpc) is 2.96. The van der Waals surface area contributed by atoms with Crippen LogP contribution in [0.4, 0.5) is 10.1 Å². The second-order valence-corrected chi connectivity index (χ2v) is 6.72. The van der Waals surface area contributed by atoms with Crippen molar-refractivity contribution < 1.29 is 18.6 Å². The molecule has 0 bridgehead atoms. The monoisotopic (exact) mass is 529 g/mol. The zero-order valence-corrected chi connectivity index (χ0v) is 19.5. The number of anilines is 1. The number of rotatable bonds is 8. The Balaban J connectivity index is 0.00000320. The minimum Gasteiger partial charge on any atom is -0.490 e. The zero-order chi connectivity index (χ0) is 20.3. The molecule has 1 aliphatic rings. The van der Waals surface area contributed by atoms with Crippen molar-refractivity contribution in [3.63, 3.8) is 0 Å². The van der Waals surface area contributed by atoms with Crippen LogP contribution < -0.4 is 20.1 Å². The summed E-state index contributed by atoms with van der Waals surface area (Å²) in [6.07, 6.45) is 2.39. The van der Waals surface area contributed by atoms with E-state index in [4.69, 9.17) is 14.2 Å². The average molecular weight is 529 g/mol. The van der Waals surface area contributed by atoms with Gasteiger partial charge in [0.25, 0.3) is 0 Å². The maximum Gasteiger partial charge on any atom is 0.195 e. The summed E-state index contributed by atoms with van der Waals surface area (Å²) in [7, 11) is 1.68. The molecule has 0 spiro atoms. The van der Waals surface area contributed by atoms with E-state index in [1.807, 2.05) is 24.3 Å². The molecular weight excluding hydrogens is 500 g/mol. The fourth-order valence-electron chi connectivity index (χ4n) is 2.93. The Morgan fingerprint density at radius 2 is 1.97 bits per heavy atom. The van der Waals surface area contributed by atoms with Gasteiger partial charge in [0, 0.05) is 45.0 Å². The van der Waals surface area contributed by atoms with Crippen molar-refractivity contribution in [3.05, 3.63) is 53.8 Å². The van der Waals surface area contributed by atoms with Gasteiger partial charge in [0.15, 0.2) is 17.5 Å². The van der Waals surface area contributed by atoms with Crippen LogP contribution in [0.3, 0.4) is 0 Å². The molecule has 0 radical (unpaired) electrons. The molecule has 0 aliphatic carbocycles. The van der Waals surface area contributed by atoms with Gasteiger partial charge < -0.3 is 24.8 Å². The summed E-state index contributed by atoms with van der Waals surface area (Å²) in [5.74, 6) is 1.92. The number of ether oxygens (including phenoxy) is 3. The second-order valence-electron chi connectivity index (χ2n) is 6.72. The number of aliphatic imine (C=N–C) groups is 1. The van der Waals surface area contributed by atoms with Gasteiger partial charge in [-0.05, 0) is 42.7 Å². The number of hydrogen-bond donors (Lipinski definition) is 2. The number of halogens is 2. The fraction of sp³-hybridized carbons (Fsp3) is 0.409. The normalized spacial score (nSPS) is 13.2. The first-order valence-corrected chi connectivity index (χ1v) is 9.93. The van der Waals surface area contributed by atoms with Crippen LogP contribution >= 0.6 is 24.0 Å². The van der Waals surface area contributed by atoms with Gasteiger partial charge in [0.05, 0.1) is 13.2 Å². The molecule has 8 heteroatoms. The van der Waals surface area contributed by atoms with Crippen molar-refractivity contribution in [3.8, 4) is 11.5 Å². The third-order valence-corrected chi connectivity index (χ3v) is 4.38. The molecule has 0 saturated carbocycles. The highest BCUT2D eigenvalue weighted by atomic mass is 127. The van der Waals surface area contributed by atoms with Gasteiger partial charge in [0.2, 0.25) is 0 Å². The summed E-state index contributed by atoms with van der Waals surface area (Å²) in [6.45, 7) is 3.22. The topological polar surface area (TPSA) is 64.1 Å².